The van der Waals surface area contributed by atoms with E-state index in [0.29, 0.717) is 34.8 Å². The van der Waals surface area contributed by atoms with Crippen molar-refractivity contribution in [2.24, 2.45) is 0 Å². The van der Waals surface area contributed by atoms with Crippen molar-refractivity contribution in [1.29, 1.82) is 0 Å². The molecule has 5 aromatic rings. The van der Waals surface area contributed by atoms with E-state index in [2.05, 4.69) is 20.6 Å². The maximum atomic E-state index is 14.0. The zero-order valence-electron chi connectivity index (χ0n) is 20.5. The van der Waals surface area contributed by atoms with Crippen molar-refractivity contribution < 1.29 is 18.7 Å². The average Bonchev–Trinajstić information content (AvgIpc) is 3.53. The summed E-state index contributed by atoms with van der Waals surface area (Å²) in [6.45, 7) is 2.24. The van der Waals surface area contributed by atoms with E-state index >= 15 is 0 Å². The van der Waals surface area contributed by atoms with Crippen LogP contribution < -0.4 is 10.2 Å². The summed E-state index contributed by atoms with van der Waals surface area (Å²) in [6, 6.07) is 19.2. The number of nitrogens with one attached hydrogen (secondary N) is 1. The molecule has 0 aliphatic heterocycles. The SMILES string of the molecule is COCCNC(=O)C(c1ccc(C)o1)N(C(=O)Cn1nnc2ccccc21)c1cnc2ccccc2c1. The lowest BCUT2D eigenvalue weighted by Crippen LogP contribution is -2.45. The summed E-state index contributed by atoms with van der Waals surface area (Å²) in [5.74, 6) is 0.165. The van der Waals surface area contributed by atoms with E-state index in [4.69, 9.17) is 9.15 Å². The Morgan fingerprint density at radius 2 is 1.86 bits per heavy atom. The molecule has 0 aliphatic rings. The maximum absolute atomic E-state index is 14.0. The summed E-state index contributed by atoms with van der Waals surface area (Å²) in [4.78, 5) is 33.5. The number of ether oxygens (including phenoxy) is 1. The fourth-order valence-electron chi connectivity index (χ4n) is 4.21. The summed E-state index contributed by atoms with van der Waals surface area (Å²) in [5, 5.41) is 12.0. The third-order valence-electron chi connectivity index (χ3n) is 5.97. The van der Waals surface area contributed by atoms with Gasteiger partial charge in [0.25, 0.3) is 5.91 Å². The standard InChI is InChI=1S/C27H26N6O4/c1-18-11-12-24(37-18)26(27(35)28-13-14-36-2)33(20-15-19-7-3-4-8-21(19)29-16-20)25(34)17-32-23-10-6-5-9-22(23)30-31-32/h3-12,15-16,26H,13-14,17H2,1-2H3,(H,28,35). The zero-order valence-corrected chi connectivity index (χ0v) is 20.5. The predicted molar refractivity (Wildman–Crippen MR) is 138 cm³/mol. The third-order valence-corrected chi connectivity index (χ3v) is 5.97. The summed E-state index contributed by atoms with van der Waals surface area (Å²) in [6.07, 6.45) is 1.59. The second-order valence-corrected chi connectivity index (χ2v) is 8.52. The van der Waals surface area contributed by atoms with Crippen LogP contribution in [0.5, 0.6) is 0 Å². The van der Waals surface area contributed by atoms with Crippen LogP contribution in [0.4, 0.5) is 5.69 Å². The lowest BCUT2D eigenvalue weighted by Gasteiger charge is -2.30. The number of carbonyl (C=O) groups excluding carboxylic acids is 2. The average molecular weight is 499 g/mol. The van der Waals surface area contributed by atoms with Crippen molar-refractivity contribution in [1.82, 2.24) is 25.3 Å². The lowest BCUT2D eigenvalue weighted by molar-refractivity contribution is -0.127. The quantitative estimate of drug-likeness (QED) is 0.310. The number of amides is 2. The molecule has 5 rings (SSSR count). The Balaban J connectivity index is 1.60. The first kappa shape index (κ1) is 24.1. The molecule has 2 amide bonds. The van der Waals surface area contributed by atoms with Gasteiger partial charge >= 0.3 is 0 Å². The first-order chi connectivity index (χ1) is 18.0. The van der Waals surface area contributed by atoms with Gasteiger partial charge in [-0.1, -0.05) is 35.5 Å². The van der Waals surface area contributed by atoms with Crippen molar-refractivity contribution in [3.05, 3.63) is 84.4 Å². The molecule has 2 aromatic carbocycles. The molecule has 0 fully saturated rings. The number of pyridine rings is 1. The topological polar surface area (TPSA) is 115 Å². The second-order valence-electron chi connectivity index (χ2n) is 8.52. The summed E-state index contributed by atoms with van der Waals surface area (Å²) >= 11 is 0. The van der Waals surface area contributed by atoms with E-state index in [9.17, 15) is 9.59 Å². The molecule has 10 nitrogen and oxygen atoms in total. The van der Waals surface area contributed by atoms with Crippen LogP contribution in [0.2, 0.25) is 0 Å². The molecule has 1 N–H and O–H groups in total. The van der Waals surface area contributed by atoms with E-state index in [1.165, 1.54) is 9.58 Å². The van der Waals surface area contributed by atoms with Gasteiger partial charge in [-0.25, -0.2) is 4.68 Å². The van der Waals surface area contributed by atoms with Gasteiger partial charge in [-0.05, 0) is 43.3 Å². The highest BCUT2D eigenvalue weighted by molar-refractivity contribution is 6.02. The Labute approximate surface area is 212 Å². The van der Waals surface area contributed by atoms with Gasteiger partial charge in [-0.2, -0.15) is 0 Å². The second kappa shape index (κ2) is 10.6. The highest BCUT2D eigenvalue weighted by Gasteiger charge is 2.35. The molecule has 3 heterocycles. The molecule has 0 aliphatic carbocycles. The van der Waals surface area contributed by atoms with Crippen LogP contribution in [0.25, 0.3) is 21.9 Å². The van der Waals surface area contributed by atoms with Crippen LogP contribution in [-0.2, 0) is 20.9 Å². The van der Waals surface area contributed by atoms with Gasteiger partial charge in [-0.3, -0.25) is 19.5 Å². The fourth-order valence-corrected chi connectivity index (χ4v) is 4.21. The number of benzene rings is 2. The monoisotopic (exact) mass is 498 g/mol. The molecule has 37 heavy (non-hydrogen) atoms. The maximum Gasteiger partial charge on any atom is 0.251 e. The number of anilines is 1. The number of methoxy groups -OCH3 is 1. The largest absolute Gasteiger partial charge is 0.464 e. The molecule has 3 aromatic heterocycles. The van der Waals surface area contributed by atoms with E-state index in [1.54, 1.807) is 32.4 Å². The van der Waals surface area contributed by atoms with E-state index in [1.807, 2.05) is 54.6 Å². The molecule has 0 saturated heterocycles. The summed E-state index contributed by atoms with van der Waals surface area (Å²) in [7, 11) is 1.55. The number of aryl methyl sites for hydroxylation is 1. The zero-order chi connectivity index (χ0) is 25.8. The molecular weight excluding hydrogens is 472 g/mol. The lowest BCUT2D eigenvalue weighted by atomic mass is 10.1. The van der Waals surface area contributed by atoms with Crippen molar-refractivity contribution in [2.45, 2.75) is 19.5 Å². The number of nitrogens with zero attached hydrogens (tertiary/aromatic N) is 5. The van der Waals surface area contributed by atoms with Crippen molar-refractivity contribution >= 4 is 39.4 Å². The van der Waals surface area contributed by atoms with Gasteiger partial charge in [0.1, 0.15) is 23.6 Å². The van der Waals surface area contributed by atoms with E-state index in [-0.39, 0.29) is 19.0 Å². The number of para-hydroxylation sites is 2. The molecule has 188 valence electrons. The Morgan fingerprint density at radius 3 is 2.65 bits per heavy atom. The van der Waals surface area contributed by atoms with Gasteiger partial charge in [0.05, 0.1) is 29.5 Å². The van der Waals surface area contributed by atoms with Gasteiger partial charge in [0, 0.05) is 19.0 Å². The number of carbonyl (C=O) groups is 2. The molecule has 1 atom stereocenters. The fraction of sp³-hybridized carbons (Fsp3) is 0.222. The number of fused-ring (bicyclic) bond motifs is 2. The molecule has 0 saturated carbocycles. The van der Waals surface area contributed by atoms with Crippen LogP contribution in [0.3, 0.4) is 0 Å². The Kier molecular flexibility index (Phi) is 6.91. The Hall–Kier alpha value is -4.57. The molecule has 0 radical (unpaired) electrons. The molecule has 10 heteroatoms. The first-order valence-electron chi connectivity index (χ1n) is 11.8. The van der Waals surface area contributed by atoms with Crippen LogP contribution in [-0.4, -0.2) is 52.1 Å². The van der Waals surface area contributed by atoms with E-state index in [0.717, 1.165) is 10.9 Å². The Bertz CT molecular complexity index is 1560. The van der Waals surface area contributed by atoms with Gasteiger partial charge in [-0.15, -0.1) is 5.10 Å². The summed E-state index contributed by atoms with van der Waals surface area (Å²) < 4.78 is 12.5. The molecule has 1 unspecified atom stereocenters. The minimum absolute atomic E-state index is 0.144. The van der Waals surface area contributed by atoms with Crippen molar-refractivity contribution in [2.75, 3.05) is 25.2 Å². The number of aromatic nitrogens is 4. The van der Waals surface area contributed by atoms with Crippen LogP contribution in [0, 0.1) is 6.92 Å². The van der Waals surface area contributed by atoms with Gasteiger partial charge < -0.3 is 14.5 Å². The summed E-state index contributed by atoms with van der Waals surface area (Å²) in [5.41, 5.74) is 2.61. The van der Waals surface area contributed by atoms with Gasteiger partial charge in [0.2, 0.25) is 5.91 Å². The van der Waals surface area contributed by atoms with Crippen molar-refractivity contribution in [3.63, 3.8) is 0 Å². The van der Waals surface area contributed by atoms with Crippen molar-refractivity contribution in [3.8, 4) is 0 Å². The third kappa shape index (κ3) is 5.05. The molecule has 0 spiro atoms. The molecule has 0 bridgehead atoms. The van der Waals surface area contributed by atoms with E-state index < -0.39 is 11.9 Å². The number of furan rings is 1. The smallest absolute Gasteiger partial charge is 0.251 e. The van der Waals surface area contributed by atoms with Crippen LogP contribution in [0.15, 0.2) is 77.3 Å². The Morgan fingerprint density at radius 1 is 1.08 bits per heavy atom. The van der Waals surface area contributed by atoms with Crippen LogP contribution >= 0.6 is 0 Å². The predicted octanol–water partition coefficient (Wildman–Crippen LogP) is 3.42. The van der Waals surface area contributed by atoms with Gasteiger partial charge in [0.15, 0.2) is 6.04 Å². The minimum atomic E-state index is -1.09. The number of hydrogen-bond donors (Lipinski definition) is 1. The highest BCUT2D eigenvalue weighted by atomic mass is 16.5. The van der Waals surface area contributed by atoms with Crippen LogP contribution in [0.1, 0.15) is 17.6 Å². The number of hydrogen-bond acceptors (Lipinski definition) is 7. The number of rotatable bonds is 9. The molecular formula is C27H26N6O4. The first-order valence-corrected chi connectivity index (χ1v) is 11.8. The highest BCUT2D eigenvalue weighted by Crippen LogP contribution is 2.31. The normalized spacial score (nSPS) is 12.1. The minimum Gasteiger partial charge on any atom is -0.464 e.